The molecule has 2 aromatic rings. The zero-order valence-electron chi connectivity index (χ0n) is 17.4. The number of rotatable bonds is 5. The number of likely N-dealkylation sites (tertiary alicyclic amines) is 1. The molecule has 1 aromatic heterocycles. The minimum atomic E-state index is -0.293. The topological polar surface area (TPSA) is 77.7 Å². The number of fused-ring (bicyclic) bond motifs is 2. The number of carbonyl (C=O) groups is 2. The summed E-state index contributed by atoms with van der Waals surface area (Å²) < 4.78 is 4.74. The number of carbonyl (C=O) groups excluding carboxylic acids is 2. The molecule has 1 fully saturated rings. The molecular formula is C22H30N4O3. The fourth-order valence-corrected chi connectivity index (χ4v) is 5.26. The maximum Gasteiger partial charge on any atom is 0.317 e. The minimum Gasteiger partial charge on any atom is -0.469 e. The lowest BCUT2D eigenvalue weighted by molar-refractivity contribution is -0.140. The summed E-state index contributed by atoms with van der Waals surface area (Å²) in [6, 6.07) is 6.89. The highest BCUT2D eigenvalue weighted by Crippen LogP contribution is 2.44. The van der Waals surface area contributed by atoms with E-state index in [2.05, 4.69) is 46.6 Å². The lowest BCUT2D eigenvalue weighted by atomic mass is 9.72. The minimum absolute atomic E-state index is 0.141. The van der Waals surface area contributed by atoms with Crippen LogP contribution in [0.15, 0.2) is 24.4 Å². The van der Waals surface area contributed by atoms with Gasteiger partial charge < -0.3 is 24.8 Å². The van der Waals surface area contributed by atoms with E-state index in [4.69, 9.17) is 4.74 Å². The Hall–Kier alpha value is -2.54. The van der Waals surface area contributed by atoms with Crippen molar-refractivity contribution in [2.45, 2.75) is 31.2 Å². The Bertz CT molecular complexity index is 909. The second kappa shape index (κ2) is 8.06. The van der Waals surface area contributed by atoms with Crippen LogP contribution >= 0.6 is 0 Å². The van der Waals surface area contributed by atoms with Gasteiger partial charge in [0.1, 0.15) is 0 Å². The summed E-state index contributed by atoms with van der Waals surface area (Å²) in [6.45, 7) is 1.96. The Balaban J connectivity index is 1.53. The number of piperidine rings is 1. The number of esters is 1. The molecule has 4 rings (SSSR count). The third-order valence-electron chi connectivity index (χ3n) is 6.61. The first-order chi connectivity index (χ1) is 14.0. The molecular weight excluding hydrogens is 368 g/mol. The SMILES string of the molecule is CNC(=O)N(CCC(=O)OC)C[C@@H]1CC2c3cccc4[nH]cc(c34)C[C@H]2N(C)C1. The number of hydrogen-bond acceptors (Lipinski definition) is 4. The van der Waals surface area contributed by atoms with Gasteiger partial charge in [-0.15, -0.1) is 0 Å². The van der Waals surface area contributed by atoms with Gasteiger partial charge in [-0.3, -0.25) is 4.79 Å². The second-order valence-electron chi connectivity index (χ2n) is 8.33. The molecule has 29 heavy (non-hydrogen) atoms. The average Bonchev–Trinajstić information content (AvgIpc) is 3.15. The first-order valence-electron chi connectivity index (χ1n) is 10.3. The molecule has 1 aliphatic heterocycles. The van der Waals surface area contributed by atoms with Crippen molar-refractivity contribution in [1.29, 1.82) is 0 Å². The lowest BCUT2D eigenvalue weighted by Crippen LogP contribution is -2.51. The van der Waals surface area contributed by atoms with Crippen LogP contribution in [-0.4, -0.2) is 73.7 Å². The highest BCUT2D eigenvalue weighted by Gasteiger charge is 2.40. The average molecular weight is 399 g/mol. The normalized spacial score (nSPS) is 23.5. The molecule has 0 radical (unpaired) electrons. The summed E-state index contributed by atoms with van der Waals surface area (Å²) in [5, 5.41) is 4.09. The number of nitrogens with one attached hydrogen (secondary N) is 2. The summed E-state index contributed by atoms with van der Waals surface area (Å²) in [6.07, 6.45) is 4.48. The molecule has 156 valence electrons. The number of hydrogen-bond donors (Lipinski definition) is 2. The highest BCUT2D eigenvalue weighted by atomic mass is 16.5. The smallest absolute Gasteiger partial charge is 0.317 e. The molecule has 7 nitrogen and oxygen atoms in total. The van der Waals surface area contributed by atoms with Crippen LogP contribution in [0.3, 0.4) is 0 Å². The summed E-state index contributed by atoms with van der Waals surface area (Å²) >= 11 is 0. The monoisotopic (exact) mass is 398 g/mol. The Morgan fingerprint density at radius 3 is 2.97 bits per heavy atom. The van der Waals surface area contributed by atoms with Gasteiger partial charge in [-0.1, -0.05) is 12.1 Å². The number of benzene rings is 1. The Morgan fingerprint density at radius 1 is 1.38 bits per heavy atom. The third kappa shape index (κ3) is 3.71. The number of likely N-dealkylation sites (N-methyl/N-ethyl adjacent to an activating group) is 1. The van der Waals surface area contributed by atoms with Crippen molar-refractivity contribution in [3.05, 3.63) is 35.5 Å². The van der Waals surface area contributed by atoms with Crippen LogP contribution < -0.4 is 5.32 Å². The number of urea groups is 1. The van der Waals surface area contributed by atoms with E-state index in [0.717, 1.165) is 19.4 Å². The molecule has 2 heterocycles. The van der Waals surface area contributed by atoms with Gasteiger partial charge in [-0.05, 0) is 43.0 Å². The van der Waals surface area contributed by atoms with Crippen LogP contribution in [0.1, 0.15) is 29.9 Å². The number of aromatic nitrogens is 1. The van der Waals surface area contributed by atoms with E-state index in [1.165, 1.54) is 29.1 Å². The van der Waals surface area contributed by atoms with Crippen molar-refractivity contribution in [2.75, 3.05) is 40.8 Å². The van der Waals surface area contributed by atoms with E-state index in [0.29, 0.717) is 31.0 Å². The predicted molar refractivity (Wildman–Crippen MR) is 112 cm³/mol. The standard InChI is InChI=1S/C22H30N4O3/c1-23-22(28)26(8-7-20(27)29-3)13-14-9-17-16-5-4-6-18-21(16)15(11-24-18)10-19(17)25(2)12-14/h4-6,11,14,17,19,24H,7-10,12-13H2,1-3H3,(H,23,28)/t14-,17?,19-/m1/s1. The predicted octanol–water partition coefficient (Wildman–Crippen LogP) is 2.33. The zero-order valence-corrected chi connectivity index (χ0v) is 17.4. The molecule has 1 saturated heterocycles. The summed E-state index contributed by atoms with van der Waals surface area (Å²) in [7, 11) is 5.20. The molecule has 1 unspecified atom stereocenters. The number of nitrogens with zero attached hydrogens (tertiary/aromatic N) is 2. The van der Waals surface area contributed by atoms with Crippen molar-refractivity contribution in [2.24, 2.45) is 5.92 Å². The maximum atomic E-state index is 12.4. The van der Waals surface area contributed by atoms with E-state index in [9.17, 15) is 9.59 Å². The van der Waals surface area contributed by atoms with Crippen LogP contribution in [-0.2, 0) is 16.0 Å². The summed E-state index contributed by atoms with van der Waals surface area (Å²) in [4.78, 5) is 31.6. The quantitative estimate of drug-likeness (QED) is 0.758. The van der Waals surface area contributed by atoms with Gasteiger partial charge in [0.25, 0.3) is 0 Å². The van der Waals surface area contributed by atoms with Crippen molar-refractivity contribution in [3.8, 4) is 0 Å². The van der Waals surface area contributed by atoms with Gasteiger partial charge in [0.05, 0.1) is 13.5 Å². The van der Waals surface area contributed by atoms with Crippen LogP contribution in [0.5, 0.6) is 0 Å². The Labute approximate surface area is 171 Å². The molecule has 2 amide bonds. The number of methoxy groups -OCH3 is 1. The fraction of sp³-hybridized carbons (Fsp3) is 0.545. The van der Waals surface area contributed by atoms with Crippen molar-refractivity contribution < 1.29 is 14.3 Å². The molecule has 1 aliphatic carbocycles. The van der Waals surface area contributed by atoms with Crippen molar-refractivity contribution in [1.82, 2.24) is 20.1 Å². The Kier molecular flexibility index (Phi) is 5.50. The summed E-state index contributed by atoms with van der Waals surface area (Å²) in [5.74, 6) is 0.517. The molecule has 0 saturated carbocycles. The van der Waals surface area contributed by atoms with E-state index in [1.54, 1.807) is 11.9 Å². The first kappa shape index (κ1) is 19.8. The number of ether oxygens (including phenoxy) is 1. The van der Waals surface area contributed by atoms with E-state index in [-0.39, 0.29) is 18.4 Å². The first-order valence-corrected chi connectivity index (χ1v) is 10.3. The molecule has 7 heteroatoms. The van der Waals surface area contributed by atoms with Gasteiger partial charge in [-0.2, -0.15) is 0 Å². The molecule has 3 atom stereocenters. The second-order valence-corrected chi connectivity index (χ2v) is 8.33. The van der Waals surface area contributed by atoms with Gasteiger partial charge in [0.15, 0.2) is 0 Å². The van der Waals surface area contributed by atoms with Crippen molar-refractivity contribution in [3.63, 3.8) is 0 Å². The number of aromatic amines is 1. The molecule has 1 aromatic carbocycles. The summed E-state index contributed by atoms with van der Waals surface area (Å²) in [5.41, 5.74) is 4.05. The van der Waals surface area contributed by atoms with Gasteiger partial charge >= 0.3 is 12.0 Å². The van der Waals surface area contributed by atoms with Gasteiger partial charge in [0.2, 0.25) is 0 Å². The number of amides is 2. The Morgan fingerprint density at radius 2 is 2.21 bits per heavy atom. The highest BCUT2D eigenvalue weighted by molar-refractivity contribution is 5.88. The zero-order chi connectivity index (χ0) is 20.5. The van der Waals surface area contributed by atoms with Gasteiger partial charge in [0, 0.05) is 55.7 Å². The molecule has 0 spiro atoms. The maximum absolute atomic E-state index is 12.4. The van der Waals surface area contributed by atoms with Crippen LogP contribution in [0.2, 0.25) is 0 Å². The van der Waals surface area contributed by atoms with E-state index < -0.39 is 0 Å². The van der Waals surface area contributed by atoms with E-state index in [1.807, 2.05) is 0 Å². The molecule has 2 N–H and O–H groups in total. The molecule has 2 aliphatic rings. The third-order valence-corrected chi connectivity index (χ3v) is 6.61. The van der Waals surface area contributed by atoms with Crippen LogP contribution in [0.25, 0.3) is 10.9 Å². The van der Waals surface area contributed by atoms with Crippen LogP contribution in [0.4, 0.5) is 4.79 Å². The van der Waals surface area contributed by atoms with E-state index >= 15 is 0 Å². The largest absolute Gasteiger partial charge is 0.469 e. The van der Waals surface area contributed by atoms with Gasteiger partial charge in [-0.25, -0.2) is 4.79 Å². The lowest BCUT2D eigenvalue weighted by Gasteiger charge is -2.46. The van der Waals surface area contributed by atoms with Crippen LogP contribution in [0, 0.1) is 5.92 Å². The fourth-order valence-electron chi connectivity index (χ4n) is 5.26. The van der Waals surface area contributed by atoms with Crippen molar-refractivity contribution >= 4 is 22.9 Å². The number of H-pyrrole nitrogens is 1. The molecule has 0 bridgehead atoms.